The fourth-order valence-corrected chi connectivity index (χ4v) is 1.38. The summed E-state index contributed by atoms with van der Waals surface area (Å²) in [7, 11) is 1.56. The van der Waals surface area contributed by atoms with Crippen molar-refractivity contribution < 1.29 is 9.90 Å². The van der Waals surface area contributed by atoms with Gasteiger partial charge in [-0.2, -0.15) is 0 Å². The van der Waals surface area contributed by atoms with Crippen LogP contribution in [-0.4, -0.2) is 24.1 Å². The summed E-state index contributed by atoms with van der Waals surface area (Å²) in [6, 6.07) is 4.67. The standard InChI is InChI=1S/C11H16N2O2/c1-7-5-8(3-4-10(7)14)6-9(12)11(15)13-2/h3-5,9,14H,6,12H2,1-2H3,(H,13,15). The van der Waals surface area contributed by atoms with Crippen molar-refractivity contribution in [1.29, 1.82) is 0 Å². The number of phenols is 1. The van der Waals surface area contributed by atoms with Gasteiger partial charge in [-0.15, -0.1) is 0 Å². The second-order valence-electron chi connectivity index (χ2n) is 3.55. The number of phenolic OH excluding ortho intramolecular Hbond substituents is 1. The van der Waals surface area contributed by atoms with Gasteiger partial charge in [-0.1, -0.05) is 12.1 Å². The van der Waals surface area contributed by atoms with E-state index in [1.54, 1.807) is 19.2 Å². The summed E-state index contributed by atoms with van der Waals surface area (Å²) in [6.07, 6.45) is 0.473. The molecule has 0 fully saturated rings. The van der Waals surface area contributed by atoms with Gasteiger partial charge in [-0.05, 0) is 30.5 Å². The minimum atomic E-state index is -0.543. The van der Waals surface area contributed by atoms with Crippen molar-refractivity contribution in [3.63, 3.8) is 0 Å². The van der Waals surface area contributed by atoms with Crippen molar-refractivity contribution in [2.24, 2.45) is 5.73 Å². The lowest BCUT2D eigenvalue weighted by Crippen LogP contribution is -2.40. The number of carbonyl (C=O) groups is 1. The lowest BCUT2D eigenvalue weighted by molar-refractivity contribution is -0.121. The summed E-state index contributed by atoms with van der Waals surface area (Å²) in [5.74, 6) is 0.0768. The average Bonchev–Trinajstić information content (AvgIpc) is 2.22. The number of aryl methyl sites for hydroxylation is 1. The molecule has 0 aliphatic carbocycles. The molecule has 4 heteroatoms. The molecule has 0 saturated heterocycles. The zero-order chi connectivity index (χ0) is 11.4. The second-order valence-corrected chi connectivity index (χ2v) is 3.55. The SMILES string of the molecule is CNC(=O)C(N)Cc1ccc(O)c(C)c1. The Morgan fingerprint density at radius 3 is 2.80 bits per heavy atom. The molecule has 1 rings (SSSR count). The predicted molar refractivity (Wildman–Crippen MR) is 58.6 cm³/mol. The van der Waals surface area contributed by atoms with Gasteiger partial charge in [0.05, 0.1) is 6.04 Å². The van der Waals surface area contributed by atoms with E-state index in [1.165, 1.54) is 0 Å². The van der Waals surface area contributed by atoms with Crippen molar-refractivity contribution >= 4 is 5.91 Å². The molecule has 1 atom stereocenters. The number of aromatic hydroxyl groups is 1. The molecule has 0 heterocycles. The maximum atomic E-state index is 11.2. The summed E-state index contributed by atoms with van der Waals surface area (Å²) in [6.45, 7) is 1.81. The summed E-state index contributed by atoms with van der Waals surface area (Å²) < 4.78 is 0. The Bertz CT molecular complexity index is 364. The summed E-state index contributed by atoms with van der Waals surface area (Å²) in [5, 5.41) is 11.8. The quantitative estimate of drug-likeness (QED) is 0.669. The minimum absolute atomic E-state index is 0.180. The lowest BCUT2D eigenvalue weighted by Gasteiger charge is -2.10. The van der Waals surface area contributed by atoms with Crippen molar-refractivity contribution in [3.8, 4) is 5.75 Å². The molecule has 0 saturated carbocycles. The topological polar surface area (TPSA) is 75.4 Å². The Morgan fingerprint density at radius 1 is 1.60 bits per heavy atom. The Morgan fingerprint density at radius 2 is 2.27 bits per heavy atom. The molecule has 0 spiro atoms. The van der Waals surface area contributed by atoms with Crippen molar-refractivity contribution in [2.75, 3.05) is 7.05 Å². The molecule has 4 N–H and O–H groups in total. The van der Waals surface area contributed by atoms with Crippen molar-refractivity contribution in [2.45, 2.75) is 19.4 Å². The lowest BCUT2D eigenvalue weighted by atomic mass is 10.0. The van der Waals surface area contributed by atoms with E-state index in [0.29, 0.717) is 6.42 Å². The zero-order valence-corrected chi connectivity index (χ0v) is 8.95. The molecule has 1 amide bonds. The van der Waals surface area contributed by atoms with Gasteiger partial charge in [-0.3, -0.25) is 4.79 Å². The minimum Gasteiger partial charge on any atom is -0.508 e. The Kier molecular flexibility index (Phi) is 3.68. The molecule has 0 aromatic heterocycles. The molecule has 1 unspecified atom stereocenters. The first-order valence-corrected chi connectivity index (χ1v) is 4.80. The number of likely N-dealkylation sites (N-methyl/N-ethyl adjacent to an activating group) is 1. The van der Waals surface area contributed by atoms with E-state index in [-0.39, 0.29) is 11.7 Å². The third kappa shape index (κ3) is 2.95. The molecule has 1 aromatic carbocycles. The molecule has 0 bridgehead atoms. The average molecular weight is 208 g/mol. The van der Waals surface area contributed by atoms with Crippen LogP contribution in [0.3, 0.4) is 0 Å². The zero-order valence-electron chi connectivity index (χ0n) is 8.95. The highest BCUT2D eigenvalue weighted by Crippen LogP contribution is 2.17. The van der Waals surface area contributed by atoms with Crippen molar-refractivity contribution in [3.05, 3.63) is 29.3 Å². The number of hydrogen-bond donors (Lipinski definition) is 3. The smallest absolute Gasteiger partial charge is 0.237 e. The number of amides is 1. The Labute approximate surface area is 89.1 Å². The van der Waals surface area contributed by atoms with Crippen LogP contribution in [0.1, 0.15) is 11.1 Å². The second kappa shape index (κ2) is 4.79. The Balaban J connectivity index is 2.73. The van der Waals surface area contributed by atoms with Crippen LogP contribution in [0.4, 0.5) is 0 Å². The fraction of sp³-hybridized carbons (Fsp3) is 0.364. The third-order valence-corrected chi connectivity index (χ3v) is 2.30. The maximum absolute atomic E-state index is 11.2. The van der Waals surface area contributed by atoms with Gasteiger partial charge in [0, 0.05) is 7.05 Å². The number of benzene rings is 1. The van der Waals surface area contributed by atoms with Crippen LogP contribution in [0, 0.1) is 6.92 Å². The van der Waals surface area contributed by atoms with Gasteiger partial charge in [0.25, 0.3) is 0 Å². The number of rotatable bonds is 3. The van der Waals surface area contributed by atoms with Gasteiger partial charge < -0.3 is 16.2 Å². The van der Waals surface area contributed by atoms with Crippen LogP contribution < -0.4 is 11.1 Å². The van der Waals surface area contributed by atoms with Crippen molar-refractivity contribution in [1.82, 2.24) is 5.32 Å². The number of nitrogens with two attached hydrogens (primary N) is 1. The van der Waals surface area contributed by atoms with E-state index in [1.807, 2.05) is 13.0 Å². The molecule has 15 heavy (non-hydrogen) atoms. The van der Waals surface area contributed by atoms with Crippen LogP contribution in [0.15, 0.2) is 18.2 Å². The van der Waals surface area contributed by atoms with Crippen LogP contribution in [-0.2, 0) is 11.2 Å². The fourth-order valence-electron chi connectivity index (χ4n) is 1.38. The first kappa shape index (κ1) is 11.5. The van der Waals surface area contributed by atoms with Crippen LogP contribution >= 0.6 is 0 Å². The maximum Gasteiger partial charge on any atom is 0.237 e. The molecular formula is C11H16N2O2. The monoisotopic (exact) mass is 208 g/mol. The first-order valence-electron chi connectivity index (χ1n) is 4.80. The van der Waals surface area contributed by atoms with E-state index in [2.05, 4.69) is 5.32 Å². The molecule has 0 aliphatic rings. The highest BCUT2D eigenvalue weighted by molar-refractivity contribution is 5.81. The van der Waals surface area contributed by atoms with Gasteiger partial charge in [0.15, 0.2) is 0 Å². The number of nitrogens with one attached hydrogen (secondary N) is 1. The van der Waals surface area contributed by atoms with Crippen LogP contribution in [0.2, 0.25) is 0 Å². The van der Waals surface area contributed by atoms with Gasteiger partial charge in [0.2, 0.25) is 5.91 Å². The van der Waals surface area contributed by atoms with E-state index >= 15 is 0 Å². The van der Waals surface area contributed by atoms with Crippen LogP contribution in [0.5, 0.6) is 5.75 Å². The largest absolute Gasteiger partial charge is 0.508 e. The Hall–Kier alpha value is -1.55. The van der Waals surface area contributed by atoms with E-state index in [0.717, 1.165) is 11.1 Å². The summed E-state index contributed by atoms with van der Waals surface area (Å²) in [5.41, 5.74) is 7.41. The predicted octanol–water partition coefficient (Wildman–Crippen LogP) is 0.316. The molecule has 82 valence electrons. The number of hydrogen-bond acceptors (Lipinski definition) is 3. The molecule has 1 aromatic rings. The van der Waals surface area contributed by atoms with E-state index in [9.17, 15) is 9.90 Å². The summed E-state index contributed by atoms with van der Waals surface area (Å²) in [4.78, 5) is 11.2. The van der Waals surface area contributed by atoms with Gasteiger partial charge in [0.1, 0.15) is 5.75 Å². The van der Waals surface area contributed by atoms with E-state index < -0.39 is 6.04 Å². The van der Waals surface area contributed by atoms with Gasteiger partial charge in [-0.25, -0.2) is 0 Å². The molecule has 0 aliphatic heterocycles. The van der Waals surface area contributed by atoms with E-state index in [4.69, 9.17) is 5.73 Å². The highest BCUT2D eigenvalue weighted by Gasteiger charge is 2.12. The molecular weight excluding hydrogens is 192 g/mol. The molecule has 4 nitrogen and oxygen atoms in total. The summed E-state index contributed by atoms with van der Waals surface area (Å²) >= 11 is 0. The normalized spacial score (nSPS) is 12.2. The van der Waals surface area contributed by atoms with Gasteiger partial charge >= 0.3 is 0 Å². The highest BCUT2D eigenvalue weighted by atomic mass is 16.3. The number of carbonyl (C=O) groups excluding carboxylic acids is 1. The third-order valence-electron chi connectivity index (χ3n) is 2.30. The molecule has 0 radical (unpaired) electrons. The first-order chi connectivity index (χ1) is 7.04. The van der Waals surface area contributed by atoms with Crippen LogP contribution in [0.25, 0.3) is 0 Å².